The zero-order chi connectivity index (χ0) is 25.0. The largest absolute Gasteiger partial charge is 0.494 e. The third-order valence-corrected chi connectivity index (χ3v) is 7.89. The Bertz CT molecular complexity index is 1310. The molecule has 0 spiro atoms. The first-order valence-corrected chi connectivity index (χ1v) is 13.0. The molecule has 1 saturated heterocycles. The highest BCUT2D eigenvalue weighted by molar-refractivity contribution is 7.89. The van der Waals surface area contributed by atoms with Gasteiger partial charge in [0.1, 0.15) is 11.8 Å². The number of nitrogens with zero attached hydrogens (tertiary/aromatic N) is 2. The van der Waals surface area contributed by atoms with E-state index in [-0.39, 0.29) is 17.9 Å². The summed E-state index contributed by atoms with van der Waals surface area (Å²) in [5, 5.41) is 0.536. The van der Waals surface area contributed by atoms with E-state index in [0.717, 1.165) is 14.8 Å². The Morgan fingerprint density at radius 2 is 1.71 bits per heavy atom. The highest BCUT2D eigenvalue weighted by Crippen LogP contribution is 2.30. The fraction of sp³-hybridized carbons (Fsp3) is 0.231. The summed E-state index contributed by atoms with van der Waals surface area (Å²) >= 11 is 6.09. The number of hydrogen-bond donors (Lipinski definition) is 0. The number of benzene rings is 3. The molecule has 0 aliphatic carbocycles. The molecule has 0 N–H and O–H groups in total. The van der Waals surface area contributed by atoms with E-state index in [0.29, 0.717) is 29.5 Å². The van der Waals surface area contributed by atoms with Crippen molar-refractivity contribution >= 4 is 39.1 Å². The van der Waals surface area contributed by atoms with Gasteiger partial charge in [-0.15, -0.1) is 0 Å². The lowest BCUT2D eigenvalue weighted by atomic mass is 10.1. The molecule has 1 heterocycles. The summed E-state index contributed by atoms with van der Waals surface area (Å²) in [5.74, 6) is -0.424. The Morgan fingerprint density at radius 3 is 2.37 bits per heavy atom. The van der Waals surface area contributed by atoms with Gasteiger partial charge in [-0.05, 0) is 67.4 Å². The van der Waals surface area contributed by atoms with Gasteiger partial charge >= 0.3 is 0 Å². The van der Waals surface area contributed by atoms with Crippen LogP contribution in [0.25, 0.3) is 0 Å². The Balaban J connectivity index is 1.65. The van der Waals surface area contributed by atoms with Crippen LogP contribution in [0, 0.1) is 0 Å². The van der Waals surface area contributed by atoms with Crippen LogP contribution >= 0.6 is 11.6 Å². The first-order valence-electron chi connectivity index (χ1n) is 11.2. The molecule has 9 heteroatoms. The second-order valence-electron chi connectivity index (χ2n) is 8.02. The number of rotatable bonds is 9. The van der Waals surface area contributed by atoms with Gasteiger partial charge < -0.3 is 4.74 Å². The fourth-order valence-electron chi connectivity index (χ4n) is 4.07. The van der Waals surface area contributed by atoms with Crippen molar-refractivity contribution in [2.45, 2.75) is 30.7 Å². The van der Waals surface area contributed by atoms with Gasteiger partial charge in [0.25, 0.3) is 5.91 Å². The lowest BCUT2D eigenvalue weighted by Gasteiger charge is -2.27. The summed E-state index contributed by atoms with van der Waals surface area (Å²) in [4.78, 5) is 27.5. The van der Waals surface area contributed by atoms with Crippen LogP contribution in [0.5, 0.6) is 5.75 Å². The third kappa shape index (κ3) is 5.40. The van der Waals surface area contributed by atoms with E-state index in [1.807, 2.05) is 13.0 Å². The van der Waals surface area contributed by atoms with E-state index in [4.69, 9.17) is 16.3 Å². The molecule has 7 nitrogen and oxygen atoms in total. The third-order valence-electron chi connectivity index (χ3n) is 5.74. The van der Waals surface area contributed by atoms with Crippen molar-refractivity contribution in [2.75, 3.05) is 18.1 Å². The topological polar surface area (TPSA) is 84.0 Å². The molecule has 35 heavy (non-hydrogen) atoms. The van der Waals surface area contributed by atoms with Crippen LogP contribution in [0.1, 0.15) is 18.9 Å². The molecule has 182 valence electrons. The van der Waals surface area contributed by atoms with Crippen LogP contribution in [0.15, 0.2) is 83.8 Å². The molecule has 3 aromatic rings. The molecule has 1 fully saturated rings. The molecular formula is C26H25ClN2O5S. The van der Waals surface area contributed by atoms with E-state index in [2.05, 4.69) is 0 Å². The average Bonchev–Trinajstić information content (AvgIpc) is 3.14. The highest BCUT2D eigenvalue weighted by Gasteiger charge is 2.46. The van der Waals surface area contributed by atoms with E-state index >= 15 is 0 Å². The molecule has 1 aliphatic rings. The average molecular weight is 513 g/mol. The number of anilines is 1. The molecule has 1 atom stereocenters. The van der Waals surface area contributed by atoms with Gasteiger partial charge in [-0.3, -0.25) is 9.59 Å². The van der Waals surface area contributed by atoms with Gasteiger partial charge in [0, 0.05) is 11.6 Å². The van der Waals surface area contributed by atoms with Gasteiger partial charge in [-0.2, -0.15) is 4.31 Å². The van der Waals surface area contributed by atoms with Gasteiger partial charge in [0.15, 0.2) is 0 Å². The maximum atomic E-state index is 13.6. The standard InChI is InChI=1S/C26H25ClN2O5S/c1-2-34-22-13-11-21(12-14-22)29-25(30)18-24(26(29)31)28(16-15-19-7-6-8-20(27)17-19)35(32,33)23-9-4-3-5-10-23/h3-14,17,24H,2,15-16,18H2,1H3. The normalized spacial score (nSPS) is 16.2. The van der Waals surface area contributed by atoms with Crippen LogP contribution < -0.4 is 9.64 Å². The number of halogens is 1. The molecule has 1 aliphatic heterocycles. The summed E-state index contributed by atoms with van der Waals surface area (Å²) in [5.41, 5.74) is 1.20. The zero-order valence-corrected chi connectivity index (χ0v) is 20.7. The van der Waals surface area contributed by atoms with Crippen LogP contribution in [0.3, 0.4) is 0 Å². The van der Waals surface area contributed by atoms with E-state index in [1.54, 1.807) is 60.7 Å². The smallest absolute Gasteiger partial charge is 0.252 e. The lowest BCUT2D eigenvalue weighted by molar-refractivity contribution is -0.122. The fourth-order valence-corrected chi connectivity index (χ4v) is 5.89. The Kier molecular flexibility index (Phi) is 7.54. The van der Waals surface area contributed by atoms with Crippen molar-refractivity contribution in [2.24, 2.45) is 0 Å². The zero-order valence-electron chi connectivity index (χ0n) is 19.1. The van der Waals surface area contributed by atoms with Crippen LogP contribution in [0.4, 0.5) is 5.69 Å². The van der Waals surface area contributed by atoms with Crippen molar-refractivity contribution in [1.29, 1.82) is 0 Å². The first-order chi connectivity index (χ1) is 16.8. The number of carbonyl (C=O) groups is 2. The summed E-state index contributed by atoms with van der Waals surface area (Å²) in [6, 6.07) is 20.4. The van der Waals surface area contributed by atoms with Gasteiger partial charge in [-0.25, -0.2) is 13.3 Å². The minimum Gasteiger partial charge on any atom is -0.494 e. The van der Waals surface area contributed by atoms with Crippen molar-refractivity contribution < 1.29 is 22.7 Å². The second kappa shape index (κ2) is 10.6. The Hall–Kier alpha value is -3.20. The molecular weight excluding hydrogens is 488 g/mol. The van der Waals surface area contributed by atoms with Crippen LogP contribution in [-0.2, 0) is 26.0 Å². The number of ether oxygens (including phenoxy) is 1. The minimum atomic E-state index is -4.06. The number of sulfonamides is 1. The monoisotopic (exact) mass is 512 g/mol. The maximum absolute atomic E-state index is 13.6. The predicted molar refractivity (Wildman–Crippen MR) is 134 cm³/mol. The molecule has 0 saturated carbocycles. The highest BCUT2D eigenvalue weighted by atomic mass is 35.5. The number of imide groups is 1. The van der Waals surface area contributed by atoms with Crippen molar-refractivity contribution in [1.82, 2.24) is 4.31 Å². The molecule has 1 unspecified atom stereocenters. The molecule has 4 rings (SSSR count). The lowest BCUT2D eigenvalue weighted by Crippen LogP contribution is -2.46. The minimum absolute atomic E-state index is 0.0123. The number of amides is 2. The van der Waals surface area contributed by atoms with Gasteiger partial charge in [0.2, 0.25) is 15.9 Å². The molecule has 0 bridgehead atoms. The summed E-state index contributed by atoms with van der Waals surface area (Å²) in [6.45, 7) is 2.36. The van der Waals surface area contributed by atoms with Crippen LogP contribution in [0.2, 0.25) is 5.02 Å². The quantitative estimate of drug-likeness (QED) is 0.399. The van der Waals surface area contributed by atoms with Crippen molar-refractivity contribution in [3.63, 3.8) is 0 Å². The Morgan fingerprint density at radius 1 is 1.00 bits per heavy atom. The Labute approximate surface area is 209 Å². The van der Waals surface area contributed by atoms with Crippen molar-refractivity contribution in [3.8, 4) is 5.75 Å². The predicted octanol–water partition coefficient (Wildman–Crippen LogP) is 4.30. The summed E-state index contributed by atoms with van der Waals surface area (Å²) in [7, 11) is -4.06. The van der Waals surface area contributed by atoms with Gasteiger partial charge in [0.05, 0.1) is 23.6 Å². The molecule has 3 aromatic carbocycles. The van der Waals surface area contributed by atoms with Crippen molar-refractivity contribution in [3.05, 3.63) is 89.4 Å². The first kappa shape index (κ1) is 24.9. The summed E-state index contributed by atoms with van der Waals surface area (Å²) < 4.78 is 33.8. The van der Waals surface area contributed by atoms with E-state index in [9.17, 15) is 18.0 Å². The van der Waals surface area contributed by atoms with E-state index in [1.165, 1.54) is 12.1 Å². The number of hydrogen-bond acceptors (Lipinski definition) is 5. The second-order valence-corrected chi connectivity index (χ2v) is 10.3. The SMILES string of the molecule is CCOc1ccc(N2C(=O)CC(N(CCc3cccc(Cl)c3)S(=O)(=O)c3ccccc3)C2=O)cc1. The molecule has 0 aromatic heterocycles. The number of carbonyl (C=O) groups excluding carboxylic acids is 2. The van der Waals surface area contributed by atoms with E-state index < -0.39 is 27.9 Å². The maximum Gasteiger partial charge on any atom is 0.252 e. The van der Waals surface area contributed by atoms with Crippen LogP contribution in [-0.4, -0.2) is 43.7 Å². The summed E-state index contributed by atoms with van der Waals surface area (Å²) in [6.07, 6.45) is 0.0846. The van der Waals surface area contributed by atoms with Gasteiger partial charge in [-0.1, -0.05) is 41.9 Å². The molecule has 0 radical (unpaired) electrons. The molecule has 2 amide bonds.